The summed E-state index contributed by atoms with van der Waals surface area (Å²) in [6, 6.07) is 7.41. The smallest absolute Gasteiger partial charge is 0.156 e. The van der Waals surface area contributed by atoms with E-state index in [1.165, 1.54) is 42.9 Å². The number of fused-ring (bicyclic) bond motifs is 1. The van der Waals surface area contributed by atoms with Crippen LogP contribution in [0.1, 0.15) is 12.8 Å². The molecule has 1 aromatic carbocycles. The van der Waals surface area contributed by atoms with Gasteiger partial charge in [-0.1, -0.05) is 6.07 Å². The molecule has 0 spiro atoms. The molecule has 2 aliphatic heterocycles. The number of benzene rings is 1. The van der Waals surface area contributed by atoms with Crippen molar-refractivity contribution in [3.8, 4) is 11.3 Å². The molecular formula is C16H21N4S+. The second-order valence-corrected chi connectivity index (χ2v) is 6.79. The molecule has 0 amide bonds. The molecule has 1 unspecified atom stereocenters. The molecule has 2 aromatic rings. The van der Waals surface area contributed by atoms with E-state index in [4.69, 9.17) is 0 Å². The van der Waals surface area contributed by atoms with Gasteiger partial charge >= 0.3 is 0 Å². The van der Waals surface area contributed by atoms with Crippen LogP contribution in [0.5, 0.6) is 0 Å². The first-order chi connectivity index (χ1) is 10.3. The van der Waals surface area contributed by atoms with Gasteiger partial charge in [0.25, 0.3) is 0 Å². The first-order valence-electron chi connectivity index (χ1n) is 7.63. The maximum absolute atomic E-state index is 4.43. The predicted octanol–water partition coefficient (Wildman–Crippen LogP) is 1.80. The van der Waals surface area contributed by atoms with Crippen LogP contribution in [0.15, 0.2) is 29.1 Å². The highest BCUT2D eigenvalue weighted by atomic mass is 32.1. The molecule has 2 aliphatic rings. The van der Waals surface area contributed by atoms with E-state index in [1.54, 1.807) is 16.2 Å². The zero-order valence-corrected chi connectivity index (χ0v) is 13.1. The van der Waals surface area contributed by atoms with Crippen molar-refractivity contribution in [2.24, 2.45) is 0 Å². The number of nitrogens with one attached hydrogen (secondary N) is 2. The second kappa shape index (κ2) is 5.40. The van der Waals surface area contributed by atoms with Gasteiger partial charge in [0, 0.05) is 17.0 Å². The van der Waals surface area contributed by atoms with Gasteiger partial charge in [-0.25, -0.2) is 4.98 Å². The fourth-order valence-electron chi connectivity index (χ4n) is 3.51. The molecule has 110 valence electrons. The number of thiazole rings is 1. The van der Waals surface area contributed by atoms with Gasteiger partial charge in [0.05, 0.1) is 23.8 Å². The molecule has 4 nitrogen and oxygen atoms in total. The van der Waals surface area contributed by atoms with Crippen LogP contribution in [0, 0.1) is 0 Å². The molecule has 0 saturated carbocycles. The van der Waals surface area contributed by atoms with Crippen LogP contribution >= 0.6 is 11.3 Å². The van der Waals surface area contributed by atoms with Crippen LogP contribution in [-0.4, -0.2) is 42.7 Å². The van der Waals surface area contributed by atoms with E-state index < -0.39 is 0 Å². The predicted molar refractivity (Wildman–Crippen MR) is 87.2 cm³/mol. The lowest BCUT2D eigenvalue weighted by molar-refractivity contribution is -0.825. The molecule has 0 radical (unpaired) electrons. The Hall–Kier alpha value is -1.43. The van der Waals surface area contributed by atoms with Gasteiger partial charge < -0.3 is 5.32 Å². The number of likely N-dealkylation sites (N-methyl/N-ethyl adjacent to an activating group) is 1. The largest absolute Gasteiger partial charge is 0.334 e. The Labute approximate surface area is 129 Å². The summed E-state index contributed by atoms with van der Waals surface area (Å²) in [6.07, 6.45) is 2.68. The number of quaternary nitrogens is 1. The van der Waals surface area contributed by atoms with Crippen LogP contribution in [0.3, 0.4) is 0 Å². The quantitative estimate of drug-likeness (QED) is 0.907. The first-order valence-corrected chi connectivity index (χ1v) is 8.57. The molecule has 3 heterocycles. The minimum atomic E-state index is 0.718. The van der Waals surface area contributed by atoms with Crippen molar-refractivity contribution in [3.63, 3.8) is 0 Å². The lowest BCUT2D eigenvalue weighted by Crippen LogP contribution is -3.08. The zero-order valence-electron chi connectivity index (χ0n) is 12.3. The molecule has 2 N–H and O–H groups in total. The summed E-state index contributed by atoms with van der Waals surface area (Å²) in [5, 5.41) is 5.66. The van der Waals surface area contributed by atoms with Crippen LogP contribution in [-0.2, 0) is 0 Å². The van der Waals surface area contributed by atoms with Crippen molar-refractivity contribution in [2.75, 3.05) is 32.1 Å². The van der Waals surface area contributed by atoms with Gasteiger partial charge in [-0.05, 0) is 32.5 Å². The molecule has 1 saturated heterocycles. The van der Waals surface area contributed by atoms with Crippen molar-refractivity contribution < 1.29 is 4.90 Å². The van der Waals surface area contributed by atoms with E-state index in [2.05, 4.69) is 45.8 Å². The Morgan fingerprint density at radius 3 is 3.19 bits per heavy atom. The maximum Gasteiger partial charge on any atom is 0.156 e. The van der Waals surface area contributed by atoms with E-state index in [-0.39, 0.29) is 0 Å². The summed E-state index contributed by atoms with van der Waals surface area (Å²) in [5.41, 5.74) is 6.91. The number of likely N-dealkylation sites (tertiary alicyclic amines) is 1. The van der Waals surface area contributed by atoms with E-state index in [0.29, 0.717) is 0 Å². The third-order valence-corrected chi connectivity index (χ3v) is 5.36. The van der Waals surface area contributed by atoms with Crippen LogP contribution in [0.2, 0.25) is 0 Å². The zero-order chi connectivity index (χ0) is 14.2. The number of nitrogens with zero attached hydrogens (tertiary/aromatic N) is 2. The SMILES string of the molecule is CN1CCC[C@@H]1C[NH+]1CNc2ccc(-c3cscn3)cc21. The third-order valence-electron chi connectivity index (χ3n) is 4.77. The number of rotatable bonds is 3. The summed E-state index contributed by atoms with van der Waals surface area (Å²) >= 11 is 1.65. The molecule has 0 aliphatic carbocycles. The number of anilines is 1. The van der Waals surface area contributed by atoms with Gasteiger partial charge in [0.2, 0.25) is 0 Å². The van der Waals surface area contributed by atoms with Gasteiger partial charge in [0.15, 0.2) is 12.4 Å². The Kier molecular flexibility index (Phi) is 3.41. The monoisotopic (exact) mass is 301 g/mol. The summed E-state index contributed by atoms with van der Waals surface area (Å²) < 4.78 is 0. The highest BCUT2D eigenvalue weighted by molar-refractivity contribution is 7.07. The normalized spacial score (nSPS) is 25.0. The maximum atomic E-state index is 4.43. The summed E-state index contributed by atoms with van der Waals surface area (Å²) in [5.74, 6) is 0. The van der Waals surface area contributed by atoms with E-state index >= 15 is 0 Å². The number of aromatic nitrogens is 1. The topological polar surface area (TPSA) is 32.6 Å². The highest BCUT2D eigenvalue weighted by Gasteiger charge is 2.31. The van der Waals surface area contributed by atoms with Gasteiger partial charge in [-0.3, -0.25) is 9.80 Å². The van der Waals surface area contributed by atoms with Crippen LogP contribution < -0.4 is 10.2 Å². The van der Waals surface area contributed by atoms with Crippen molar-refractivity contribution in [1.82, 2.24) is 9.88 Å². The molecular weight excluding hydrogens is 280 g/mol. The Morgan fingerprint density at radius 1 is 1.48 bits per heavy atom. The fourth-order valence-corrected chi connectivity index (χ4v) is 4.07. The van der Waals surface area contributed by atoms with E-state index in [0.717, 1.165) is 18.4 Å². The van der Waals surface area contributed by atoms with Crippen molar-refractivity contribution >= 4 is 22.7 Å². The third kappa shape index (κ3) is 2.46. The lowest BCUT2D eigenvalue weighted by Gasteiger charge is -2.22. The summed E-state index contributed by atoms with van der Waals surface area (Å²) in [4.78, 5) is 8.50. The van der Waals surface area contributed by atoms with Gasteiger partial charge in [-0.15, -0.1) is 11.3 Å². The molecule has 2 atom stereocenters. The minimum absolute atomic E-state index is 0.718. The molecule has 5 heteroatoms. The molecule has 4 rings (SSSR count). The van der Waals surface area contributed by atoms with Crippen molar-refractivity contribution in [3.05, 3.63) is 29.1 Å². The average molecular weight is 301 g/mol. The summed E-state index contributed by atoms with van der Waals surface area (Å²) in [7, 11) is 2.26. The van der Waals surface area contributed by atoms with Gasteiger partial charge in [-0.2, -0.15) is 0 Å². The van der Waals surface area contributed by atoms with E-state index in [1.807, 2.05) is 5.51 Å². The second-order valence-electron chi connectivity index (χ2n) is 6.07. The Morgan fingerprint density at radius 2 is 2.43 bits per heavy atom. The molecule has 1 fully saturated rings. The Balaban J connectivity index is 1.59. The van der Waals surface area contributed by atoms with Crippen molar-refractivity contribution in [2.45, 2.75) is 18.9 Å². The molecule has 1 aromatic heterocycles. The van der Waals surface area contributed by atoms with Crippen LogP contribution in [0.4, 0.5) is 11.4 Å². The lowest BCUT2D eigenvalue weighted by atomic mass is 10.1. The number of hydrogen-bond donors (Lipinski definition) is 2. The number of hydrogen-bond acceptors (Lipinski definition) is 4. The molecule has 21 heavy (non-hydrogen) atoms. The minimum Gasteiger partial charge on any atom is -0.334 e. The van der Waals surface area contributed by atoms with E-state index in [9.17, 15) is 0 Å². The average Bonchev–Trinajstić information content (AvgIpc) is 3.22. The summed E-state index contributed by atoms with van der Waals surface area (Å²) in [6.45, 7) is 3.44. The van der Waals surface area contributed by atoms with Gasteiger partial charge in [0.1, 0.15) is 5.69 Å². The van der Waals surface area contributed by atoms with Crippen molar-refractivity contribution in [1.29, 1.82) is 0 Å². The fraction of sp³-hybridized carbons (Fsp3) is 0.438. The van der Waals surface area contributed by atoms with Crippen LogP contribution in [0.25, 0.3) is 11.3 Å². The highest BCUT2D eigenvalue weighted by Crippen LogP contribution is 2.28. The first kappa shape index (κ1) is 13.2. The Bertz CT molecular complexity index is 625. The molecule has 0 bridgehead atoms. The standard InChI is InChI=1S/C16H20N4S/c1-19-6-2-3-13(19)8-20-10-17-14-5-4-12(7-16(14)20)15-9-21-11-18-15/h4-5,7,9,11,13,17H,2-3,6,8,10H2,1H3/p+1/t13-/m1/s1.